The van der Waals surface area contributed by atoms with Crippen LogP contribution in [0.25, 0.3) is 11.0 Å². The van der Waals surface area contributed by atoms with Crippen molar-refractivity contribution in [3.05, 3.63) is 41.6 Å². The number of rotatable bonds is 5. The van der Waals surface area contributed by atoms with Gasteiger partial charge in [0.15, 0.2) is 9.84 Å². The number of sulfone groups is 1. The third-order valence-corrected chi connectivity index (χ3v) is 6.13. The SMILES string of the molecule is CC[C@@H](C)Nc1nc(Nc2ccc3c(c2)CS(=O)(=O)C3)nc2[nH]ccc12. The van der Waals surface area contributed by atoms with E-state index in [1.54, 1.807) is 0 Å². The number of hydrogen-bond donors (Lipinski definition) is 3. The number of nitrogens with zero attached hydrogens (tertiary/aromatic N) is 2. The van der Waals surface area contributed by atoms with E-state index in [0.717, 1.165) is 40.1 Å². The van der Waals surface area contributed by atoms with Gasteiger partial charge in [-0.05, 0) is 42.7 Å². The molecule has 1 aliphatic heterocycles. The van der Waals surface area contributed by atoms with E-state index in [0.29, 0.717) is 12.0 Å². The Hall–Kier alpha value is -2.61. The summed E-state index contributed by atoms with van der Waals surface area (Å²) in [4.78, 5) is 12.2. The molecule has 0 aliphatic carbocycles. The van der Waals surface area contributed by atoms with E-state index in [-0.39, 0.29) is 11.5 Å². The number of benzene rings is 1. The fourth-order valence-corrected chi connectivity index (χ4v) is 4.68. The summed E-state index contributed by atoms with van der Waals surface area (Å²) in [6.07, 6.45) is 2.82. The van der Waals surface area contributed by atoms with Crippen LogP contribution in [-0.4, -0.2) is 29.4 Å². The number of fused-ring (bicyclic) bond motifs is 2. The molecule has 0 fully saturated rings. The highest BCUT2D eigenvalue weighted by atomic mass is 32.2. The summed E-state index contributed by atoms with van der Waals surface area (Å²) >= 11 is 0. The number of aromatic amines is 1. The molecule has 136 valence electrons. The second-order valence-corrected chi connectivity index (χ2v) is 8.79. The van der Waals surface area contributed by atoms with Gasteiger partial charge in [-0.3, -0.25) is 0 Å². The first kappa shape index (κ1) is 16.8. The number of nitrogens with one attached hydrogen (secondary N) is 3. The summed E-state index contributed by atoms with van der Waals surface area (Å²) in [5.74, 6) is 1.45. The van der Waals surface area contributed by atoms with Crippen molar-refractivity contribution in [3.63, 3.8) is 0 Å². The van der Waals surface area contributed by atoms with Gasteiger partial charge >= 0.3 is 0 Å². The molecular weight excluding hydrogens is 350 g/mol. The second-order valence-electron chi connectivity index (χ2n) is 6.73. The number of anilines is 3. The zero-order valence-electron chi connectivity index (χ0n) is 14.7. The molecule has 0 radical (unpaired) electrons. The normalized spacial score (nSPS) is 16.4. The molecule has 0 spiro atoms. The Morgan fingerprint density at radius 3 is 2.81 bits per heavy atom. The maximum absolute atomic E-state index is 11.8. The molecule has 3 heterocycles. The predicted molar refractivity (Wildman–Crippen MR) is 103 cm³/mol. The van der Waals surface area contributed by atoms with Crippen molar-refractivity contribution in [2.75, 3.05) is 10.6 Å². The lowest BCUT2D eigenvalue weighted by molar-refractivity contribution is 0.598. The smallest absolute Gasteiger partial charge is 0.231 e. The van der Waals surface area contributed by atoms with Crippen molar-refractivity contribution in [1.29, 1.82) is 0 Å². The molecule has 8 heteroatoms. The summed E-state index contributed by atoms with van der Waals surface area (Å²) in [5, 5.41) is 7.55. The number of H-pyrrole nitrogens is 1. The lowest BCUT2D eigenvalue weighted by Crippen LogP contribution is -2.15. The molecule has 4 rings (SSSR count). The average molecular weight is 371 g/mol. The van der Waals surface area contributed by atoms with Crippen molar-refractivity contribution in [2.45, 2.75) is 37.8 Å². The van der Waals surface area contributed by atoms with Gasteiger partial charge in [0.1, 0.15) is 11.5 Å². The van der Waals surface area contributed by atoms with Crippen LogP contribution >= 0.6 is 0 Å². The van der Waals surface area contributed by atoms with E-state index < -0.39 is 9.84 Å². The molecule has 0 bridgehead atoms. The first-order valence-electron chi connectivity index (χ1n) is 8.64. The summed E-state index contributed by atoms with van der Waals surface area (Å²) in [6, 6.07) is 7.83. The van der Waals surface area contributed by atoms with E-state index in [1.165, 1.54) is 0 Å². The van der Waals surface area contributed by atoms with Crippen LogP contribution in [0.15, 0.2) is 30.5 Å². The number of hydrogen-bond acceptors (Lipinski definition) is 6. The standard InChI is InChI=1S/C18H21N5O2S/c1-3-11(2)20-17-15-6-7-19-16(15)22-18(23-17)21-14-5-4-12-9-26(24,25)10-13(12)8-14/h4-8,11H,3,9-10H2,1-2H3,(H3,19,20,21,22,23)/t11-/m1/s1. The van der Waals surface area contributed by atoms with Gasteiger partial charge in [-0.2, -0.15) is 9.97 Å². The fourth-order valence-electron chi connectivity index (χ4n) is 3.08. The Kier molecular flexibility index (Phi) is 4.07. The van der Waals surface area contributed by atoms with E-state index >= 15 is 0 Å². The largest absolute Gasteiger partial charge is 0.367 e. The minimum absolute atomic E-state index is 0.0925. The van der Waals surface area contributed by atoms with Gasteiger partial charge in [-0.15, -0.1) is 0 Å². The molecule has 1 aromatic carbocycles. The van der Waals surface area contributed by atoms with Crippen LogP contribution in [0.1, 0.15) is 31.4 Å². The molecule has 26 heavy (non-hydrogen) atoms. The second kappa shape index (κ2) is 6.28. The zero-order chi connectivity index (χ0) is 18.3. The van der Waals surface area contributed by atoms with Crippen LogP contribution in [0.4, 0.5) is 17.5 Å². The molecule has 1 atom stereocenters. The summed E-state index contributed by atoms with van der Waals surface area (Å²) in [5.41, 5.74) is 3.24. The molecule has 0 saturated heterocycles. The van der Waals surface area contributed by atoms with Gasteiger partial charge in [0.2, 0.25) is 5.95 Å². The van der Waals surface area contributed by atoms with Gasteiger partial charge in [-0.25, -0.2) is 8.42 Å². The summed E-state index contributed by atoms with van der Waals surface area (Å²) < 4.78 is 23.6. The Bertz CT molecular complexity index is 1070. The molecule has 1 aliphatic rings. The Balaban J connectivity index is 1.66. The maximum Gasteiger partial charge on any atom is 0.231 e. The monoisotopic (exact) mass is 371 g/mol. The van der Waals surface area contributed by atoms with Crippen LogP contribution in [-0.2, 0) is 21.3 Å². The predicted octanol–water partition coefficient (Wildman–Crippen LogP) is 3.34. The van der Waals surface area contributed by atoms with Crippen molar-refractivity contribution >= 4 is 38.3 Å². The lowest BCUT2D eigenvalue weighted by Gasteiger charge is -2.14. The van der Waals surface area contributed by atoms with Gasteiger partial charge < -0.3 is 15.6 Å². The molecule has 2 aromatic heterocycles. The fraction of sp³-hybridized carbons (Fsp3) is 0.333. The van der Waals surface area contributed by atoms with Crippen LogP contribution in [0.2, 0.25) is 0 Å². The van der Waals surface area contributed by atoms with Crippen molar-refractivity contribution in [2.24, 2.45) is 0 Å². The van der Waals surface area contributed by atoms with Crippen LogP contribution in [0, 0.1) is 0 Å². The molecule has 0 amide bonds. The maximum atomic E-state index is 11.8. The minimum atomic E-state index is -3.01. The Morgan fingerprint density at radius 1 is 1.19 bits per heavy atom. The van der Waals surface area contributed by atoms with Gasteiger partial charge in [-0.1, -0.05) is 13.0 Å². The van der Waals surface area contributed by atoms with E-state index in [4.69, 9.17) is 0 Å². The molecular formula is C18H21N5O2S. The van der Waals surface area contributed by atoms with Crippen molar-refractivity contribution in [3.8, 4) is 0 Å². The third kappa shape index (κ3) is 3.24. The third-order valence-electron chi connectivity index (χ3n) is 4.62. The average Bonchev–Trinajstić information content (AvgIpc) is 3.16. The molecule has 0 saturated carbocycles. The zero-order valence-corrected chi connectivity index (χ0v) is 15.5. The topological polar surface area (TPSA) is 99.8 Å². The van der Waals surface area contributed by atoms with Crippen LogP contribution in [0.3, 0.4) is 0 Å². The first-order chi connectivity index (χ1) is 12.4. The first-order valence-corrected chi connectivity index (χ1v) is 10.5. The Morgan fingerprint density at radius 2 is 2.00 bits per heavy atom. The summed E-state index contributed by atoms with van der Waals surface area (Å²) in [7, 11) is -3.01. The van der Waals surface area contributed by atoms with Crippen LogP contribution < -0.4 is 10.6 Å². The molecule has 7 nitrogen and oxygen atoms in total. The van der Waals surface area contributed by atoms with Crippen molar-refractivity contribution in [1.82, 2.24) is 15.0 Å². The van der Waals surface area contributed by atoms with E-state index in [9.17, 15) is 8.42 Å². The lowest BCUT2D eigenvalue weighted by atomic mass is 10.1. The quantitative estimate of drug-likeness (QED) is 0.636. The highest BCUT2D eigenvalue weighted by Gasteiger charge is 2.24. The van der Waals surface area contributed by atoms with Gasteiger partial charge in [0.05, 0.1) is 16.9 Å². The minimum Gasteiger partial charge on any atom is -0.367 e. The highest BCUT2D eigenvalue weighted by molar-refractivity contribution is 7.90. The van der Waals surface area contributed by atoms with Crippen molar-refractivity contribution < 1.29 is 8.42 Å². The number of aromatic nitrogens is 3. The van der Waals surface area contributed by atoms with Gasteiger partial charge in [0, 0.05) is 17.9 Å². The summed E-state index contributed by atoms with van der Waals surface area (Å²) in [6.45, 7) is 4.22. The molecule has 3 aromatic rings. The molecule has 0 unspecified atom stereocenters. The molecule has 3 N–H and O–H groups in total. The van der Waals surface area contributed by atoms with Gasteiger partial charge in [0.25, 0.3) is 0 Å². The van der Waals surface area contributed by atoms with Crippen LogP contribution in [0.5, 0.6) is 0 Å². The van der Waals surface area contributed by atoms with E-state index in [2.05, 4.69) is 39.4 Å². The highest BCUT2D eigenvalue weighted by Crippen LogP contribution is 2.29. The van der Waals surface area contributed by atoms with E-state index in [1.807, 2.05) is 30.5 Å². The Labute approximate surface area is 152 Å².